The van der Waals surface area contributed by atoms with Gasteiger partial charge >= 0.3 is 0 Å². The summed E-state index contributed by atoms with van der Waals surface area (Å²) in [5, 5.41) is 8.98. The number of aromatic nitrogens is 2. The topological polar surface area (TPSA) is 78.9 Å². The summed E-state index contributed by atoms with van der Waals surface area (Å²) in [5.74, 6) is 1.33. The maximum absolute atomic E-state index is 11.7. The zero-order valence-electron chi connectivity index (χ0n) is 11.3. The highest BCUT2D eigenvalue weighted by molar-refractivity contribution is 5.84. The van der Waals surface area contributed by atoms with Crippen molar-refractivity contribution in [3.05, 3.63) is 12.4 Å². The number of rotatable bonds is 6. The molecule has 0 saturated heterocycles. The summed E-state index contributed by atoms with van der Waals surface area (Å²) < 4.78 is 0. The lowest BCUT2D eigenvalue weighted by molar-refractivity contribution is -0.122. The fourth-order valence-electron chi connectivity index (χ4n) is 1.41. The Labute approximate surface area is 108 Å². The van der Waals surface area contributed by atoms with Gasteiger partial charge in [-0.25, -0.2) is 9.97 Å². The first-order chi connectivity index (χ1) is 8.52. The van der Waals surface area contributed by atoms with Gasteiger partial charge in [-0.3, -0.25) is 4.79 Å². The van der Waals surface area contributed by atoms with E-state index in [0.717, 1.165) is 12.4 Å². The van der Waals surface area contributed by atoms with Gasteiger partial charge in [-0.2, -0.15) is 0 Å². The molecule has 1 unspecified atom stereocenters. The molecule has 1 aromatic heterocycles. The lowest BCUT2D eigenvalue weighted by Crippen LogP contribution is -2.41. The van der Waals surface area contributed by atoms with Crippen LogP contribution in [0.3, 0.4) is 0 Å². The highest BCUT2D eigenvalue weighted by atomic mass is 16.2. The summed E-state index contributed by atoms with van der Waals surface area (Å²) in [6.07, 6.45) is 1.47. The van der Waals surface area contributed by atoms with Crippen molar-refractivity contribution in [2.24, 2.45) is 0 Å². The molecule has 18 heavy (non-hydrogen) atoms. The predicted molar refractivity (Wildman–Crippen MR) is 72.6 cm³/mol. The molecule has 0 aliphatic heterocycles. The first-order valence-electron chi connectivity index (χ1n) is 6.15. The van der Waals surface area contributed by atoms with Crippen LogP contribution in [0.5, 0.6) is 0 Å². The maximum Gasteiger partial charge on any atom is 0.242 e. The molecule has 0 radical (unpaired) electrons. The zero-order chi connectivity index (χ0) is 13.5. The van der Waals surface area contributed by atoms with Crippen molar-refractivity contribution in [3.63, 3.8) is 0 Å². The smallest absolute Gasteiger partial charge is 0.242 e. The number of carbonyl (C=O) groups excluding carboxylic acids is 1. The van der Waals surface area contributed by atoms with Gasteiger partial charge in [0.2, 0.25) is 5.91 Å². The van der Waals surface area contributed by atoms with Crippen molar-refractivity contribution in [1.82, 2.24) is 15.3 Å². The van der Waals surface area contributed by atoms with Gasteiger partial charge in [0.1, 0.15) is 24.0 Å². The summed E-state index contributed by atoms with van der Waals surface area (Å²) in [5.41, 5.74) is 0. The Morgan fingerprint density at radius 1 is 1.28 bits per heavy atom. The van der Waals surface area contributed by atoms with Crippen LogP contribution < -0.4 is 16.0 Å². The predicted octanol–water partition coefficient (Wildman–Crippen LogP) is 1.23. The van der Waals surface area contributed by atoms with E-state index < -0.39 is 0 Å². The number of anilines is 2. The van der Waals surface area contributed by atoms with E-state index in [1.54, 1.807) is 13.0 Å². The summed E-state index contributed by atoms with van der Waals surface area (Å²) in [6, 6.07) is 1.57. The zero-order valence-corrected chi connectivity index (χ0v) is 11.3. The summed E-state index contributed by atoms with van der Waals surface area (Å²) >= 11 is 0. The largest absolute Gasteiger partial charge is 0.370 e. The normalized spacial score (nSPS) is 12.1. The average molecular weight is 251 g/mol. The van der Waals surface area contributed by atoms with Gasteiger partial charge in [-0.05, 0) is 27.7 Å². The van der Waals surface area contributed by atoms with E-state index in [9.17, 15) is 4.79 Å². The van der Waals surface area contributed by atoms with Crippen LogP contribution >= 0.6 is 0 Å². The van der Waals surface area contributed by atoms with Gasteiger partial charge in [-0.15, -0.1) is 0 Å². The molecule has 100 valence electrons. The van der Waals surface area contributed by atoms with Crippen LogP contribution in [-0.4, -0.2) is 34.5 Å². The van der Waals surface area contributed by atoms with E-state index in [0.29, 0.717) is 5.82 Å². The fraction of sp³-hybridized carbons (Fsp3) is 0.583. The molecule has 0 aromatic carbocycles. The third-order valence-electron chi connectivity index (χ3n) is 2.21. The SMILES string of the molecule is CCNc1cc(NC(C)C(=O)NC(C)C)ncn1. The second-order valence-corrected chi connectivity index (χ2v) is 4.35. The maximum atomic E-state index is 11.7. The molecule has 6 heteroatoms. The highest BCUT2D eigenvalue weighted by Crippen LogP contribution is 2.09. The van der Waals surface area contributed by atoms with Crippen LogP contribution in [-0.2, 0) is 4.79 Å². The number of hydrogen-bond acceptors (Lipinski definition) is 5. The molecule has 1 rings (SSSR count). The lowest BCUT2D eigenvalue weighted by atomic mass is 10.3. The molecular formula is C12H21N5O. The van der Waals surface area contributed by atoms with Crippen molar-refractivity contribution < 1.29 is 4.79 Å². The Morgan fingerprint density at radius 3 is 2.56 bits per heavy atom. The van der Waals surface area contributed by atoms with Gasteiger partial charge < -0.3 is 16.0 Å². The molecule has 0 fully saturated rings. The van der Waals surface area contributed by atoms with E-state index in [2.05, 4.69) is 25.9 Å². The molecule has 0 aliphatic rings. The Hall–Kier alpha value is -1.85. The molecule has 1 heterocycles. The van der Waals surface area contributed by atoms with E-state index >= 15 is 0 Å². The second kappa shape index (κ2) is 6.78. The first kappa shape index (κ1) is 14.2. The van der Waals surface area contributed by atoms with Crippen molar-refractivity contribution >= 4 is 17.5 Å². The quantitative estimate of drug-likeness (QED) is 0.709. The van der Waals surface area contributed by atoms with E-state index in [-0.39, 0.29) is 18.0 Å². The van der Waals surface area contributed by atoms with Gasteiger partial charge in [-0.1, -0.05) is 0 Å². The summed E-state index contributed by atoms with van der Waals surface area (Å²) in [4.78, 5) is 19.9. The third kappa shape index (κ3) is 4.57. The molecule has 0 spiro atoms. The molecule has 0 saturated carbocycles. The standard InChI is InChI=1S/C12H21N5O/c1-5-13-10-6-11(15-7-14-10)17-9(4)12(18)16-8(2)3/h6-9H,5H2,1-4H3,(H,16,18)(H2,13,14,15,17). The number of nitrogens with one attached hydrogen (secondary N) is 3. The molecule has 3 N–H and O–H groups in total. The number of nitrogens with zero attached hydrogens (tertiary/aromatic N) is 2. The number of carbonyl (C=O) groups is 1. The van der Waals surface area contributed by atoms with Crippen LogP contribution in [0.1, 0.15) is 27.7 Å². The molecule has 6 nitrogen and oxygen atoms in total. The van der Waals surface area contributed by atoms with Crippen molar-refractivity contribution in [3.8, 4) is 0 Å². The van der Waals surface area contributed by atoms with Crippen molar-refractivity contribution in [1.29, 1.82) is 0 Å². The number of hydrogen-bond donors (Lipinski definition) is 3. The molecule has 1 aromatic rings. The fourth-order valence-corrected chi connectivity index (χ4v) is 1.41. The van der Waals surface area contributed by atoms with Gasteiger partial charge in [0.25, 0.3) is 0 Å². The number of amides is 1. The summed E-state index contributed by atoms with van der Waals surface area (Å²) in [6.45, 7) is 8.44. The Balaban J connectivity index is 2.60. The average Bonchev–Trinajstić information content (AvgIpc) is 2.29. The molecule has 0 bridgehead atoms. The van der Waals surface area contributed by atoms with Crippen molar-refractivity contribution in [2.75, 3.05) is 17.2 Å². The minimum absolute atomic E-state index is 0.0476. The van der Waals surface area contributed by atoms with Crippen molar-refractivity contribution in [2.45, 2.75) is 39.8 Å². The van der Waals surface area contributed by atoms with Crippen LogP contribution in [0.4, 0.5) is 11.6 Å². The van der Waals surface area contributed by atoms with Gasteiger partial charge in [0.15, 0.2) is 0 Å². The Morgan fingerprint density at radius 2 is 1.94 bits per heavy atom. The van der Waals surface area contributed by atoms with Gasteiger partial charge in [0, 0.05) is 18.7 Å². The molecule has 1 amide bonds. The van der Waals surface area contributed by atoms with E-state index in [1.165, 1.54) is 6.33 Å². The Kier molecular flexibility index (Phi) is 5.35. The molecule has 0 aliphatic carbocycles. The van der Waals surface area contributed by atoms with Crippen LogP contribution in [0.25, 0.3) is 0 Å². The highest BCUT2D eigenvalue weighted by Gasteiger charge is 2.13. The third-order valence-corrected chi connectivity index (χ3v) is 2.21. The monoisotopic (exact) mass is 251 g/mol. The summed E-state index contributed by atoms with van der Waals surface area (Å²) in [7, 11) is 0. The van der Waals surface area contributed by atoms with Crippen LogP contribution in [0.2, 0.25) is 0 Å². The van der Waals surface area contributed by atoms with E-state index in [4.69, 9.17) is 0 Å². The first-order valence-corrected chi connectivity index (χ1v) is 6.15. The van der Waals surface area contributed by atoms with E-state index in [1.807, 2.05) is 20.8 Å². The minimum Gasteiger partial charge on any atom is -0.370 e. The van der Waals surface area contributed by atoms with Crippen LogP contribution in [0.15, 0.2) is 12.4 Å². The molecule has 1 atom stereocenters. The lowest BCUT2D eigenvalue weighted by Gasteiger charge is -2.16. The minimum atomic E-state index is -0.336. The van der Waals surface area contributed by atoms with Gasteiger partial charge in [0.05, 0.1) is 0 Å². The second-order valence-electron chi connectivity index (χ2n) is 4.35. The Bertz CT molecular complexity index is 394. The molecular weight excluding hydrogens is 230 g/mol. The van der Waals surface area contributed by atoms with Crippen LogP contribution in [0, 0.1) is 0 Å².